The van der Waals surface area contributed by atoms with E-state index in [0.717, 1.165) is 25.6 Å². The Labute approximate surface area is 129 Å². The van der Waals surface area contributed by atoms with Crippen LogP contribution in [0.3, 0.4) is 0 Å². The lowest BCUT2D eigenvalue weighted by Gasteiger charge is -2.24. The molecule has 0 aromatic heterocycles. The van der Waals surface area contributed by atoms with Crippen LogP contribution in [-0.2, 0) is 10.0 Å². The predicted molar refractivity (Wildman–Crippen MR) is 83.3 cm³/mol. The van der Waals surface area contributed by atoms with Crippen molar-refractivity contribution in [3.63, 3.8) is 0 Å². The van der Waals surface area contributed by atoms with Crippen LogP contribution in [0, 0.1) is 0 Å². The van der Waals surface area contributed by atoms with Crippen LogP contribution in [0.4, 0.5) is 5.69 Å². The summed E-state index contributed by atoms with van der Waals surface area (Å²) in [6.45, 7) is 1.66. The summed E-state index contributed by atoms with van der Waals surface area (Å²) in [7, 11) is -3.46. The molecule has 1 atom stereocenters. The van der Waals surface area contributed by atoms with Crippen molar-refractivity contribution in [2.75, 3.05) is 24.1 Å². The average molecular weight is 332 g/mol. The SMILES string of the molecule is CS(=O)(=O)Nc1ccc(Cl)cc1C(=O)N[C@H]1CCCNC1. The van der Waals surface area contributed by atoms with Crippen LogP contribution in [0.5, 0.6) is 0 Å². The van der Waals surface area contributed by atoms with E-state index in [0.29, 0.717) is 11.6 Å². The van der Waals surface area contributed by atoms with Gasteiger partial charge in [-0.05, 0) is 37.6 Å². The summed E-state index contributed by atoms with van der Waals surface area (Å²) in [5.41, 5.74) is 0.446. The number of carbonyl (C=O) groups is 1. The van der Waals surface area contributed by atoms with Gasteiger partial charge in [-0.2, -0.15) is 0 Å². The van der Waals surface area contributed by atoms with E-state index in [-0.39, 0.29) is 23.2 Å². The summed E-state index contributed by atoms with van der Waals surface area (Å²) in [5.74, 6) is -0.336. The number of hydrogen-bond acceptors (Lipinski definition) is 4. The van der Waals surface area contributed by atoms with Gasteiger partial charge in [-0.3, -0.25) is 9.52 Å². The fourth-order valence-electron chi connectivity index (χ4n) is 2.23. The van der Waals surface area contributed by atoms with Gasteiger partial charge in [0.25, 0.3) is 5.91 Å². The summed E-state index contributed by atoms with van der Waals surface area (Å²) in [4.78, 5) is 12.3. The highest BCUT2D eigenvalue weighted by Gasteiger charge is 2.19. The van der Waals surface area contributed by atoms with E-state index < -0.39 is 10.0 Å². The fourth-order valence-corrected chi connectivity index (χ4v) is 2.98. The molecule has 0 aliphatic carbocycles. The molecule has 1 aliphatic rings. The largest absolute Gasteiger partial charge is 0.348 e. The van der Waals surface area contributed by atoms with E-state index in [2.05, 4.69) is 15.4 Å². The molecule has 0 bridgehead atoms. The van der Waals surface area contributed by atoms with Crippen molar-refractivity contribution in [2.45, 2.75) is 18.9 Å². The van der Waals surface area contributed by atoms with Crippen LogP contribution in [0.25, 0.3) is 0 Å². The molecule has 0 saturated carbocycles. The highest BCUT2D eigenvalue weighted by Crippen LogP contribution is 2.22. The lowest BCUT2D eigenvalue weighted by molar-refractivity contribution is 0.0931. The first kappa shape index (κ1) is 16.1. The van der Waals surface area contributed by atoms with Crippen molar-refractivity contribution < 1.29 is 13.2 Å². The molecule has 2 rings (SSSR count). The Bertz CT molecular complexity index is 628. The second-order valence-electron chi connectivity index (χ2n) is 5.08. The van der Waals surface area contributed by atoms with Crippen molar-refractivity contribution in [3.05, 3.63) is 28.8 Å². The van der Waals surface area contributed by atoms with Gasteiger partial charge in [0, 0.05) is 17.6 Å². The number of piperidine rings is 1. The number of nitrogens with one attached hydrogen (secondary N) is 3. The lowest BCUT2D eigenvalue weighted by Crippen LogP contribution is -2.45. The minimum atomic E-state index is -3.46. The molecule has 1 saturated heterocycles. The van der Waals surface area contributed by atoms with E-state index in [1.807, 2.05) is 0 Å². The monoisotopic (exact) mass is 331 g/mol. The second kappa shape index (κ2) is 6.64. The quantitative estimate of drug-likeness (QED) is 0.773. The maximum atomic E-state index is 12.3. The number of hydrogen-bond donors (Lipinski definition) is 3. The number of amides is 1. The molecule has 6 nitrogen and oxygen atoms in total. The molecule has 1 aromatic carbocycles. The summed E-state index contributed by atoms with van der Waals surface area (Å²) < 4.78 is 25.1. The minimum absolute atomic E-state index is 0.0383. The maximum Gasteiger partial charge on any atom is 0.253 e. The summed E-state index contributed by atoms with van der Waals surface area (Å²) >= 11 is 5.91. The molecule has 1 aromatic rings. The Kier molecular flexibility index (Phi) is 5.08. The zero-order valence-corrected chi connectivity index (χ0v) is 13.2. The van der Waals surface area contributed by atoms with Gasteiger partial charge < -0.3 is 10.6 Å². The van der Waals surface area contributed by atoms with E-state index >= 15 is 0 Å². The third-order valence-electron chi connectivity index (χ3n) is 3.15. The van der Waals surface area contributed by atoms with Gasteiger partial charge in [0.1, 0.15) is 0 Å². The maximum absolute atomic E-state index is 12.3. The summed E-state index contributed by atoms with van der Waals surface area (Å²) in [6, 6.07) is 4.52. The van der Waals surface area contributed by atoms with E-state index in [9.17, 15) is 13.2 Å². The molecule has 1 aliphatic heterocycles. The van der Waals surface area contributed by atoms with Crippen molar-refractivity contribution in [1.82, 2.24) is 10.6 Å². The van der Waals surface area contributed by atoms with E-state index in [1.54, 1.807) is 0 Å². The number of anilines is 1. The standard InChI is InChI=1S/C13H18ClN3O3S/c1-21(19,20)17-12-5-4-9(14)7-11(12)13(18)16-10-3-2-6-15-8-10/h4-5,7,10,15,17H,2-3,6,8H2,1H3,(H,16,18)/t10-/m0/s1. The normalized spacial score (nSPS) is 19.0. The first-order valence-electron chi connectivity index (χ1n) is 6.64. The van der Waals surface area contributed by atoms with Gasteiger partial charge in [0.15, 0.2) is 0 Å². The molecule has 0 radical (unpaired) electrons. The van der Waals surface area contributed by atoms with Gasteiger partial charge in [-0.15, -0.1) is 0 Å². The first-order valence-corrected chi connectivity index (χ1v) is 8.91. The molecule has 1 amide bonds. The molecule has 3 N–H and O–H groups in total. The Hall–Kier alpha value is -1.31. The fraction of sp³-hybridized carbons (Fsp3) is 0.462. The third-order valence-corrected chi connectivity index (χ3v) is 3.98. The van der Waals surface area contributed by atoms with Gasteiger partial charge >= 0.3 is 0 Å². The molecule has 116 valence electrons. The van der Waals surface area contributed by atoms with Crippen LogP contribution in [0.1, 0.15) is 23.2 Å². The summed E-state index contributed by atoms with van der Waals surface area (Å²) in [6.07, 6.45) is 2.93. The Morgan fingerprint density at radius 2 is 2.19 bits per heavy atom. The number of halogens is 1. The predicted octanol–water partition coefficient (Wildman–Crippen LogP) is 1.19. The van der Waals surface area contributed by atoms with Crippen molar-refractivity contribution >= 4 is 33.2 Å². The molecular formula is C13H18ClN3O3S. The number of rotatable bonds is 4. The van der Waals surface area contributed by atoms with Crippen LogP contribution in [-0.4, -0.2) is 39.7 Å². The Balaban J connectivity index is 2.20. The van der Waals surface area contributed by atoms with Gasteiger partial charge in [0.2, 0.25) is 10.0 Å². The molecule has 0 spiro atoms. The van der Waals surface area contributed by atoms with Gasteiger partial charge in [0.05, 0.1) is 17.5 Å². The Morgan fingerprint density at radius 1 is 1.43 bits per heavy atom. The molecule has 1 heterocycles. The smallest absolute Gasteiger partial charge is 0.253 e. The number of sulfonamides is 1. The zero-order chi connectivity index (χ0) is 15.5. The molecule has 21 heavy (non-hydrogen) atoms. The highest BCUT2D eigenvalue weighted by molar-refractivity contribution is 7.92. The van der Waals surface area contributed by atoms with Crippen LogP contribution >= 0.6 is 11.6 Å². The van der Waals surface area contributed by atoms with Crippen LogP contribution in [0.2, 0.25) is 5.02 Å². The van der Waals surface area contributed by atoms with Crippen molar-refractivity contribution in [1.29, 1.82) is 0 Å². The van der Waals surface area contributed by atoms with Crippen LogP contribution in [0.15, 0.2) is 18.2 Å². The molecule has 0 unspecified atom stereocenters. The van der Waals surface area contributed by atoms with Gasteiger partial charge in [-0.1, -0.05) is 11.6 Å². The van der Waals surface area contributed by atoms with E-state index in [1.165, 1.54) is 18.2 Å². The molecule has 8 heteroatoms. The number of benzene rings is 1. The molecular weight excluding hydrogens is 314 g/mol. The lowest BCUT2D eigenvalue weighted by atomic mass is 10.1. The third kappa shape index (κ3) is 4.87. The Morgan fingerprint density at radius 3 is 2.81 bits per heavy atom. The zero-order valence-electron chi connectivity index (χ0n) is 11.6. The second-order valence-corrected chi connectivity index (χ2v) is 7.27. The first-order chi connectivity index (χ1) is 9.85. The molecule has 1 fully saturated rings. The van der Waals surface area contributed by atoms with Gasteiger partial charge in [-0.25, -0.2) is 8.42 Å². The highest BCUT2D eigenvalue weighted by atomic mass is 35.5. The topological polar surface area (TPSA) is 87.3 Å². The van der Waals surface area contributed by atoms with Crippen LogP contribution < -0.4 is 15.4 Å². The number of carbonyl (C=O) groups excluding carboxylic acids is 1. The van der Waals surface area contributed by atoms with E-state index in [4.69, 9.17) is 11.6 Å². The summed E-state index contributed by atoms with van der Waals surface area (Å²) in [5, 5.41) is 6.47. The minimum Gasteiger partial charge on any atom is -0.348 e. The average Bonchev–Trinajstić information content (AvgIpc) is 2.40. The van der Waals surface area contributed by atoms with Crippen molar-refractivity contribution in [2.24, 2.45) is 0 Å². The van der Waals surface area contributed by atoms with Crippen molar-refractivity contribution in [3.8, 4) is 0 Å².